The summed E-state index contributed by atoms with van der Waals surface area (Å²) in [6.45, 7) is 1.30. The van der Waals surface area contributed by atoms with Gasteiger partial charge in [-0.2, -0.15) is 0 Å². The molecule has 4 amide bonds. The number of terminal acetylenes is 2. The number of nitrogens with one attached hydrogen (secondary N) is 2. The van der Waals surface area contributed by atoms with Crippen molar-refractivity contribution in [2.75, 3.05) is 48.4 Å². The summed E-state index contributed by atoms with van der Waals surface area (Å²) in [6, 6.07) is 12.6. The summed E-state index contributed by atoms with van der Waals surface area (Å²) in [6.07, 6.45) is 10.6. The summed E-state index contributed by atoms with van der Waals surface area (Å²) in [5.74, 6) is 4.47. The maximum absolute atomic E-state index is 13.2. The third-order valence-electron chi connectivity index (χ3n) is 5.96. The van der Waals surface area contributed by atoms with Crippen molar-refractivity contribution in [3.8, 4) is 24.7 Å². The Kier molecular flexibility index (Phi) is 7.86. The Hall–Kier alpha value is -4.31. The van der Waals surface area contributed by atoms with Gasteiger partial charge in [-0.05, 0) is 48.5 Å². The number of urea groups is 1. The van der Waals surface area contributed by atoms with Crippen LogP contribution in [0.5, 0.6) is 0 Å². The first-order valence-corrected chi connectivity index (χ1v) is 11.5. The van der Waals surface area contributed by atoms with E-state index >= 15 is 0 Å². The van der Waals surface area contributed by atoms with Crippen molar-refractivity contribution in [2.24, 2.45) is 0 Å². The van der Waals surface area contributed by atoms with Gasteiger partial charge in [-0.25, -0.2) is 4.79 Å². The van der Waals surface area contributed by atoms with Crippen LogP contribution in [0.15, 0.2) is 48.5 Å². The van der Waals surface area contributed by atoms with Crippen LogP contribution in [-0.2, 0) is 19.1 Å². The average Bonchev–Trinajstić information content (AvgIpc) is 3.33. The first-order valence-electron chi connectivity index (χ1n) is 11.5. The Labute approximate surface area is 209 Å². The van der Waals surface area contributed by atoms with Crippen LogP contribution in [0.25, 0.3) is 0 Å². The number of hydrogen-bond acceptors (Lipinski definition) is 5. The molecule has 184 valence electrons. The normalized spacial score (nSPS) is 19.3. The molecule has 0 bridgehead atoms. The predicted molar refractivity (Wildman–Crippen MR) is 135 cm³/mol. The number of carbonyl (C=O) groups excluding carboxylic acids is 3. The number of benzene rings is 2. The largest absolute Gasteiger partial charge is 0.370 e. The number of anilines is 3. The average molecular weight is 487 g/mol. The van der Waals surface area contributed by atoms with Gasteiger partial charge in [0, 0.05) is 42.1 Å². The summed E-state index contributed by atoms with van der Waals surface area (Å²) in [5, 5.41) is 5.66. The number of carbonyl (C=O) groups is 3. The van der Waals surface area contributed by atoms with Crippen molar-refractivity contribution >= 4 is 34.9 Å². The predicted octanol–water partition coefficient (Wildman–Crippen LogP) is 2.29. The van der Waals surface area contributed by atoms with Crippen LogP contribution in [0.1, 0.15) is 12.0 Å². The molecule has 36 heavy (non-hydrogen) atoms. The van der Waals surface area contributed by atoms with Crippen LogP contribution in [0, 0.1) is 24.7 Å². The lowest BCUT2D eigenvalue weighted by Crippen LogP contribution is -2.45. The standard InChI is InChI=1S/C27H26N4O5/c1-3-14-36-23-16-24(31(17-23)27(34)29-21-7-5-19(4-2)6-8-21)26(33)28-20-9-11-22(12-10-20)30-13-15-35-18-25(30)32/h1-2,5-12,23-24H,13-18H2,(H,28,33)(H,29,34). The number of hydrogen-bond donors (Lipinski definition) is 2. The van der Waals surface area contributed by atoms with Gasteiger partial charge in [0.05, 0.1) is 12.7 Å². The Balaban J connectivity index is 1.44. The van der Waals surface area contributed by atoms with Gasteiger partial charge in [-0.3, -0.25) is 9.59 Å². The number of ether oxygens (including phenoxy) is 2. The van der Waals surface area contributed by atoms with Crippen LogP contribution >= 0.6 is 0 Å². The molecule has 2 aromatic rings. The minimum absolute atomic E-state index is 0.0506. The molecule has 2 aliphatic rings. The van der Waals surface area contributed by atoms with E-state index in [0.717, 1.165) is 5.69 Å². The fourth-order valence-electron chi connectivity index (χ4n) is 4.14. The molecular weight excluding hydrogens is 460 g/mol. The van der Waals surface area contributed by atoms with E-state index in [9.17, 15) is 14.4 Å². The molecule has 9 nitrogen and oxygen atoms in total. The van der Waals surface area contributed by atoms with E-state index in [0.29, 0.717) is 36.5 Å². The monoisotopic (exact) mass is 486 g/mol. The molecule has 0 spiro atoms. The molecule has 0 aromatic heterocycles. The molecule has 9 heteroatoms. The van der Waals surface area contributed by atoms with E-state index in [-0.39, 0.29) is 37.7 Å². The van der Waals surface area contributed by atoms with E-state index in [1.165, 1.54) is 4.90 Å². The summed E-state index contributed by atoms with van der Waals surface area (Å²) in [5.41, 5.74) is 2.52. The first kappa shape index (κ1) is 24.8. The van der Waals surface area contributed by atoms with E-state index in [1.807, 2.05) is 0 Å². The fourth-order valence-corrected chi connectivity index (χ4v) is 4.14. The molecule has 2 aliphatic heterocycles. The van der Waals surface area contributed by atoms with Gasteiger partial charge in [0.1, 0.15) is 19.3 Å². The van der Waals surface area contributed by atoms with E-state index < -0.39 is 12.1 Å². The van der Waals surface area contributed by atoms with Gasteiger partial charge in [0.25, 0.3) is 5.91 Å². The van der Waals surface area contributed by atoms with Crippen LogP contribution in [-0.4, -0.2) is 67.8 Å². The van der Waals surface area contributed by atoms with Gasteiger partial charge in [0.15, 0.2) is 0 Å². The van der Waals surface area contributed by atoms with Crippen LogP contribution in [0.4, 0.5) is 21.9 Å². The molecule has 0 saturated carbocycles. The molecule has 2 fully saturated rings. The first-order chi connectivity index (χ1) is 17.5. The van der Waals surface area contributed by atoms with Crippen LogP contribution < -0.4 is 15.5 Å². The molecule has 0 aliphatic carbocycles. The molecule has 2 unspecified atom stereocenters. The van der Waals surface area contributed by atoms with Gasteiger partial charge >= 0.3 is 6.03 Å². The highest BCUT2D eigenvalue weighted by Crippen LogP contribution is 2.25. The second-order valence-corrected chi connectivity index (χ2v) is 8.33. The number of rotatable bonds is 6. The number of morpholine rings is 1. The van der Waals surface area contributed by atoms with Crippen molar-refractivity contribution in [1.82, 2.24) is 4.90 Å². The minimum Gasteiger partial charge on any atom is -0.370 e. The lowest BCUT2D eigenvalue weighted by atomic mass is 10.1. The smallest absolute Gasteiger partial charge is 0.322 e. The SMILES string of the molecule is C#CCOC1CC(C(=O)Nc2ccc(N3CCOCC3=O)cc2)N(C(=O)Nc2ccc(C#C)cc2)C1. The topological polar surface area (TPSA) is 100 Å². The molecule has 2 aromatic carbocycles. The molecular formula is C27H26N4O5. The second-order valence-electron chi connectivity index (χ2n) is 8.33. The summed E-state index contributed by atoms with van der Waals surface area (Å²) in [4.78, 5) is 41.4. The van der Waals surface area contributed by atoms with Crippen molar-refractivity contribution in [3.63, 3.8) is 0 Å². The molecule has 2 N–H and O–H groups in total. The third kappa shape index (κ3) is 5.84. The highest BCUT2D eigenvalue weighted by atomic mass is 16.5. The van der Waals surface area contributed by atoms with Crippen molar-refractivity contribution in [2.45, 2.75) is 18.6 Å². The van der Waals surface area contributed by atoms with E-state index in [4.69, 9.17) is 22.3 Å². The zero-order chi connectivity index (χ0) is 25.5. The Morgan fingerprint density at radius 2 is 1.75 bits per heavy atom. The molecule has 2 saturated heterocycles. The zero-order valence-corrected chi connectivity index (χ0v) is 19.6. The highest BCUT2D eigenvalue weighted by Gasteiger charge is 2.40. The Bertz CT molecular complexity index is 1200. The van der Waals surface area contributed by atoms with Crippen molar-refractivity contribution < 1.29 is 23.9 Å². The molecule has 2 heterocycles. The van der Waals surface area contributed by atoms with Gasteiger partial charge in [-0.1, -0.05) is 11.8 Å². The molecule has 2 atom stereocenters. The van der Waals surface area contributed by atoms with Crippen molar-refractivity contribution in [1.29, 1.82) is 0 Å². The van der Waals surface area contributed by atoms with Crippen LogP contribution in [0.2, 0.25) is 0 Å². The molecule has 0 radical (unpaired) electrons. The Morgan fingerprint density at radius 3 is 2.42 bits per heavy atom. The Morgan fingerprint density at radius 1 is 1.06 bits per heavy atom. The number of likely N-dealkylation sites (tertiary alicyclic amines) is 1. The lowest BCUT2D eigenvalue weighted by molar-refractivity contribution is -0.125. The van der Waals surface area contributed by atoms with Crippen molar-refractivity contribution in [3.05, 3.63) is 54.1 Å². The zero-order valence-electron chi connectivity index (χ0n) is 19.6. The highest BCUT2D eigenvalue weighted by molar-refractivity contribution is 6.00. The molecule has 4 rings (SSSR count). The van der Waals surface area contributed by atoms with E-state index in [2.05, 4.69) is 22.5 Å². The van der Waals surface area contributed by atoms with Gasteiger partial charge in [-0.15, -0.1) is 12.8 Å². The van der Waals surface area contributed by atoms with Gasteiger partial charge in [0.2, 0.25) is 5.91 Å². The summed E-state index contributed by atoms with van der Waals surface area (Å²) in [7, 11) is 0. The maximum atomic E-state index is 13.2. The minimum atomic E-state index is -0.766. The lowest BCUT2D eigenvalue weighted by Gasteiger charge is -2.27. The quantitative estimate of drug-likeness (QED) is 0.611. The maximum Gasteiger partial charge on any atom is 0.322 e. The number of nitrogens with zero attached hydrogens (tertiary/aromatic N) is 2. The van der Waals surface area contributed by atoms with Crippen LogP contribution in [0.3, 0.4) is 0 Å². The summed E-state index contributed by atoms with van der Waals surface area (Å²) >= 11 is 0. The fraction of sp³-hybridized carbons (Fsp3) is 0.296. The summed E-state index contributed by atoms with van der Waals surface area (Å²) < 4.78 is 10.8. The number of amides is 4. The second kappa shape index (κ2) is 11.4. The van der Waals surface area contributed by atoms with E-state index in [1.54, 1.807) is 53.4 Å². The van der Waals surface area contributed by atoms with Gasteiger partial charge < -0.3 is 29.9 Å². The third-order valence-corrected chi connectivity index (χ3v) is 5.96.